The van der Waals surface area contributed by atoms with Gasteiger partial charge in [-0.1, -0.05) is 11.6 Å². The summed E-state index contributed by atoms with van der Waals surface area (Å²) in [6.07, 6.45) is 6.10. The minimum atomic E-state index is 0.785. The highest BCUT2D eigenvalue weighted by Crippen LogP contribution is 2.10. The standard InChI is InChI=1S/C12H17NO2/c1-2-12(15-7-1)10-13-6-3-11-4-8-14-9-5-11/h1-2,4,7,13H,3,5-6,8-10H2. The monoisotopic (exact) mass is 207 g/mol. The van der Waals surface area contributed by atoms with Crippen molar-refractivity contribution < 1.29 is 9.15 Å². The summed E-state index contributed by atoms with van der Waals surface area (Å²) >= 11 is 0. The van der Waals surface area contributed by atoms with E-state index in [1.807, 2.05) is 12.1 Å². The zero-order valence-electron chi connectivity index (χ0n) is 8.87. The van der Waals surface area contributed by atoms with E-state index in [2.05, 4.69) is 11.4 Å². The molecular weight excluding hydrogens is 190 g/mol. The van der Waals surface area contributed by atoms with Crippen LogP contribution in [0.1, 0.15) is 18.6 Å². The maximum Gasteiger partial charge on any atom is 0.117 e. The van der Waals surface area contributed by atoms with Crippen molar-refractivity contribution in [1.82, 2.24) is 5.32 Å². The molecule has 0 unspecified atom stereocenters. The fraction of sp³-hybridized carbons (Fsp3) is 0.500. The van der Waals surface area contributed by atoms with Crippen molar-refractivity contribution in [2.75, 3.05) is 19.8 Å². The van der Waals surface area contributed by atoms with Crippen molar-refractivity contribution >= 4 is 0 Å². The number of hydrogen-bond donors (Lipinski definition) is 1. The van der Waals surface area contributed by atoms with Gasteiger partial charge in [0.25, 0.3) is 0 Å². The lowest BCUT2D eigenvalue weighted by molar-refractivity contribution is 0.153. The Morgan fingerprint density at radius 1 is 1.40 bits per heavy atom. The van der Waals surface area contributed by atoms with Gasteiger partial charge in [0.1, 0.15) is 5.76 Å². The molecule has 3 heteroatoms. The zero-order valence-corrected chi connectivity index (χ0v) is 8.87. The molecule has 1 aromatic rings. The largest absolute Gasteiger partial charge is 0.468 e. The summed E-state index contributed by atoms with van der Waals surface area (Å²) in [6, 6.07) is 3.90. The van der Waals surface area contributed by atoms with Crippen molar-refractivity contribution in [3.8, 4) is 0 Å². The molecule has 2 heterocycles. The molecule has 0 atom stereocenters. The van der Waals surface area contributed by atoms with E-state index in [0.29, 0.717) is 0 Å². The van der Waals surface area contributed by atoms with Crippen LogP contribution < -0.4 is 5.32 Å². The number of ether oxygens (including phenoxy) is 1. The van der Waals surface area contributed by atoms with Gasteiger partial charge in [-0.3, -0.25) is 0 Å². The Bertz CT molecular complexity index is 303. The molecule has 1 aliphatic heterocycles. The van der Waals surface area contributed by atoms with Crippen LogP contribution in [0, 0.1) is 0 Å². The van der Waals surface area contributed by atoms with Crippen LogP contribution in [0.5, 0.6) is 0 Å². The van der Waals surface area contributed by atoms with E-state index in [0.717, 1.165) is 44.9 Å². The van der Waals surface area contributed by atoms with E-state index in [1.165, 1.54) is 5.57 Å². The van der Waals surface area contributed by atoms with Crippen LogP contribution in [-0.4, -0.2) is 19.8 Å². The molecule has 1 aliphatic rings. The van der Waals surface area contributed by atoms with Gasteiger partial charge in [0, 0.05) is 0 Å². The highest BCUT2D eigenvalue weighted by atomic mass is 16.5. The van der Waals surface area contributed by atoms with Crippen LogP contribution in [-0.2, 0) is 11.3 Å². The first kappa shape index (κ1) is 10.5. The summed E-state index contributed by atoms with van der Waals surface area (Å²) in [5, 5.41) is 3.36. The van der Waals surface area contributed by atoms with Crippen LogP contribution in [0.15, 0.2) is 34.5 Å². The van der Waals surface area contributed by atoms with Gasteiger partial charge in [-0.25, -0.2) is 0 Å². The smallest absolute Gasteiger partial charge is 0.117 e. The van der Waals surface area contributed by atoms with Gasteiger partial charge in [0.05, 0.1) is 26.0 Å². The maximum absolute atomic E-state index is 5.25. The Kier molecular flexibility index (Phi) is 4.00. The first-order valence-corrected chi connectivity index (χ1v) is 5.44. The number of furan rings is 1. The van der Waals surface area contributed by atoms with E-state index >= 15 is 0 Å². The van der Waals surface area contributed by atoms with E-state index in [4.69, 9.17) is 9.15 Å². The van der Waals surface area contributed by atoms with Gasteiger partial charge in [0.2, 0.25) is 0 Å². The highest BCUT2D eigenvalue weighted by Gasteiger charge is 2.03. The molecule has 0 aromatic carbocycles. The van der Waals surface area contributed by atoms with Crippen LogP contribution in [0.4, 0.5) is 0 Å². The summed E-state index contributed by atoms with van der Waals surface area (Å²) in [7, 11) is 0. The van der Waals surface area contributed by atoms with Crippen LogP contribution in [0.2, 0.25) is 0 Å². The second-order valence-electron chi connectivity index (χ2n) is 3.69. The lowest BCUT2D eigenvalue weighted by atomic mass is 10.1. The molecule has 2 rings (SSSR count). The Balaban J connectivity index is 1.60. The van der Waals surface area contributed by atoms with Gasteiger partial charge < -0.3 is 14.5 Å². The van der Waals surface area contributed by atoms with E-state index in [1.54, 1.807) is 6.26 Å². The minimum absolute atomic E-state index is 0.785. The predicted molar refractivity (Wildman–Crippen MR) is 58.6 cm³/mol. The third-order valence-corrected chi connectivity index (χ3v) is 2.56. The van der Waals surface area contributed by atoms with Gasteiger partial charge in [-0.15, -0.1) is 0 Å². The summed E-state index contributed by atoms with van der Waals surface area (Å²) in [4.78, 5) is 0. The fourth-order valence-electron chi connectivity index (χ4n) is 1.67. The molecule has 0 fully saturated rings. The first-order chi connectivity index (χ1) is 7.45. The molecular formula is C12H17NO2. The fourth-order valence-corrected chi connectivity index (χ4v) is 1.67. The lowest BCUT2D eigenvalue weighted by Gasteiger charge is -2.13. The molecule has 0 saturated carbocycles. The van der Waals surface area contributed by atoms with Gasteiger partial charge in [-0.2, -0.15) is 0 Å². The molecule has 0 aliphatic carbocycles. The van der Waals surface area contributed by atoms with E-state index in [-0.39, 0.29) is 0 Å². The molecule has 15 heavy (non-hydrogen) atoms. The predicted octanol–water partition coefficient (Wildman–Crippen LogP) is 2.11. The molecule has 0 saturated heterocycles. The third-order valence-electron chi connectivity index (χ3n) is 2.56. The van der Waals surface area contributed by atoms with Crippen molar-refractivity contribution in [2.45, 2.75) is 19.4 Å². The molecule has 0 amide bonds. The SMILES string of the molecule is C1=C(CCNCc2ccco2)CCOC1. The van der Waals surface area contributed by atoms with Crippen molar-refractivity contribution in [3.63, 3.8) is 0 Å². The van der Waals surface area contributed by atoms with Gasteiger partial charge >= 0.3 is 0 Å². The molecule has 3 nitrogen and oxygen atoms in total. The third kappa shape index (κ3) is 3.53. The minimum Gasteiger partial charge on any atom is -0.468 e. The number of rotatable bonds is 5. The Labute approximate surface area is 90.1 Å². The van der Waals surface area contributed by atoms with Gasteiger partial charge in [0.15, 0.2) is 0 Å². The average molecular weight is 207 g/mol. The maximum atomic E-state index is 5.25. The number of hydrogen-bond acceptors (Lipinski definition) is 3. The van der Waals surface area contributed by atoms with Crippen molar-refractivity contribution in [2.24, 2.45) is 0 Å². The van der Waals surface area contributed by atoms with Crippen LogP contribution in [0.25, 0.3) is 0 Å². The van der Waals surface area contributed by atoms with Crippen molar-refractivity contribution in [3.05, 3.63) is 35.8 Å². The summed E-state index contributed by atoms with van der Waals surface area (Å²) < 4.78 is 10.5. The second-order valence-corrected chi connectivity index (χ2v) is 3.69. The quantitative estimate of drug-likeness (QED) is 0.593. The molecule has 0 bridgehead atoms. The molecule has 0 radical (unpaired) electrons. The average Bonchev–Trinajstić information content (AvgIpc) is 2.79. The number of nitrogens with one attached hydrogen (secondary N) is 1. The molecule has 0 spiro atoms. The summed E-state index contributed by atoms with van der Waals surface area (Å²) in [5.41, 5.74) is 1.51. The molecule has 1 N–H and O–H groups in total. The Morgan fingerprint density at radius 2 is 2.40 bits per heavy atom. The molecule has 82 valence electrons. The zero-order chi connectivity index (χ0) is 10.3. The normalized spacial score (nSPS) is 16.4. The lowest BCUT2D eigenvalue weighted by Crippen LogP contribution is -2.16. The Morgan fingerprint density at radius 3 is 3.13 bits per heavy atom. The van der Waals surface area contributed by atoms with E-state index < -0.39 is 0 Å². The van der Waals surface area contributed by atoms with Crippen molar-refractivity contribution in [1.29, 1.82) is 0 Å². The van der Waals surface area contributed by atoms with Crippen LogP contribution >= 0.6 is 0 Å². The topological polar surface area (TPSA) is 34.4 Å². The second kappa shape index (κ2) is 5.73. The van der Waals surface area contributed by atoms with Crippen LogP contribution in [0.3, 0.4) is 0 Å². The summed E-state index contributed by atoms with van der Waals surface area (Å²) in [5.74, 6) is 0.996. The van der Waals surface area contributed by atoms with E-state index in [9.17, 15) is 0 Å². The molecule has 1 aromatic heterocycles. The Hall–Kier alpha value is -1.06. The first-order valence-electron chi connectivity index (χ1n) is 5.44. The van der Waals surface area contributed by atoms with Gasteiger partial charge in [-0.05, 0) is 31.5 Å². The highest BCUT2D eigenvalue weighted by molar-refractivity contribution is 5.05. The summed E-state index contributed by atoms with van der Waals surface area (Å²) in [6.45, 7) is 3.49.